The van der Waals surface area contributed by atoms with Gasteiger partial charge in [0, 0.05) is 36.7 Å². The summed E-state index contributed by atoms with van der Waals surface area (Å²) >= 11 is 0. The van der Waals surface area contributed by atoms with Crippen LogP contribution in [0.15, 0.2) is 18.2 Å². The largest absolute Gasteiger partial charge is 0.393 e. The minimum Gasteiger partial charge on any atom is -0.393 e. The molecule has 0 bridgehead atoms. The lowest BCUT2D eigenvalue weighted by Crippen LogP contribution is -2.45. The van der Waals surface area contributed by atoms with Crippen LogP contribution in [0.1, 0.15) is 44.0 Å². The molecule has 0 saturated carbocycles. The Morgan fingerprint density at radius 3 is 2.69 bits per heavy atom. The molecule has 0 aliphatic carbocycles. The number of nitrogen functional groups attached to an aromatic ring is 1. The normalized spacial score (nSPS) is 17.7. The molecule has 142 valence electrons. The quantitative estimate of drug-likeness (QED) is 0.483. The van der Waals surface area contributed by atoms with E-state index >= 15 is 0 Å². The molecule has 1 aliphatic heterocycles. The van der Waals surface area contributed by atoms with Crippen LogP contribution in [0.3, 0.4) is 0 Å². The van der Waals surface area contributed by atoms with Gasteiger partial charge >= 0.3 is 0 Å². The molecule has 1 aromatic rings. The van der Waals surface area contributed by atoms with E-state index in [-0.39, 0.29) is 34.7 Å². The Morgan fingerprint density at radius 2 is 2.08 bits per heavy atom. The fraction of sp³-hybridized carbons (Fsp3) is 0.556. The molecule has 1 saturated heterocycles. The molecule has 1 aliphatic rings. The van der Waals surface area contributed by atoms with Gasteiger partial charge in [-0.05, 0) is 30.9 Å². The van der Waals surface area contributed by atoms with E-state index in [4.69, 9.17) is 5.73 Å². The molecule has 2 amide bonds. The van der Waals surface area contributed by atoms with Crippen molar-refractivity contribution in [1.82, 2.24) is 10.2 Å². The van der Waals surface area contributed by atoms with E-state index < -0.39 is 10.3 Å². The van der Waals surface area contributed by atoms with Crippen LogP contribution in [0, 0.1) is 21.4 Å². The van der Waals surface area contributed by atoms with Gasteiger partial charge in [-0.15, -0.1) is 0 Å². The van der Waals surface area contributed by atoms with Crippen LogP contribution < -0.4 is 11.1 Å². The van der Waals surface area contributed by atoms with Gasteiger partial charge < -0.3 is 16.0 Å². The number of benzene rings is 1. The molecule has 8 heteroatoms. The number of piperidine rings is 1. The zero-order valence-corrected chi connectivity index (χ0v) is 15.4. The van der Waals surface area contributed by atoms with Crippen LogP contribution in [-0.4, -0.2) is 41.3 Å². The number of nitro groups is 1. The average Bonchev–Trinajstić information content (AvgIpc) is 2.58. The number of likely N-dealkylation sites (tertiary alicyclic amines) is 1. The molecular weight excluding hydrogens is 336 g/mol. The Balaban J connectivity index is 2.03. The van der Waals surface area contributed by atoms with Gasteiger partial charge in [0.15, 0.2) is 0 Å². The highest BCUT2D eigenvalue weighted by Crippen LogP contribution is 2.25. The lowest BCUT2D eigenvalue weighted by molar-refractivity contribution is -0.383. The van der Waals surface area contributed by atoms with Gasteiger partial charge in [-0.2, -0.15) is 0 Å². The highest BCUT2D eigenvalue weighted by molar-refractivity contribution is 5.95. The molecule has 0 spiro atoms. The maximum Gasteiger partial charge on any atom is 0.292 e. The third kappa shape index (κ3) is 4.71. The number of nitro benzene ring substituents is 1. The van der Waals surface area contributed by atoms with Crippen LogP contribution in [0.4, 0.5) is 11.4 Å². The van der Waals surface area contributed by atoms with Crippen molar-refractivity contribution in [2.24, 2.45) is 11.3 Å². The first-order chi connectivity index (χ1) is 12.1. The Hall–Kier alpha value is -2.64. The number of carbonyl (C=O) groups is 2. The van der Waals surface area contributed by atoms with Crippen molar-refractivity contribution in [2.45, 2.75) is 33.6 Å². The lowest BCUT2D eigenvalue weighted by Gasteiger charge is -2.33. The maximum atomic E-state index is 12.7. The average molecular weight is 362 g/mol. The summed E-state index contributed by atoms with van der Waals surface area (Å²) in [5.41, 5.74) is 5.16. The molecule has 3 N–H and O–H groups in total. The van der Waals surface area contributed by atoms with Gasteiger partial charge in [-0.1, -0.05) is 20.8 Å². The first-order valence-electron chi connectivity index (χ1n) is 8.71. The van der Waals surface area contributed by atoms with Gasteiger partial charge in [0.1, 0.15) is 5.69 Å². The van der Waals surface area contributed by atoms with E-state index in [0.29, 0.717) is 19.6 Å². The van der Waals surface area contributed by atoms with Crippen molar-refractivity contribution < 1.29 is 14.5 Å². The van der Waals surface area contributed by atoms with Gasteiger partial charge in [0.05, 0.1) is 4.92 Å². The van der Waals surface area contributed by atoms with E-state index in [0.717, 1.165) is 12.8 Å². The fourth-order valence-corrected chi connectivity index (χ4v) is 2.94. The van der Waals surface area contributed by atoms with Crippen molar-refractivity contribution >= 4 is 23.2 Å². The Bertz CT molecular complexity index is 712. The van der Waals surface area contributed by atoms with E-state index in [2.05, 4.69) is 5.32 Å². The highest BCUT2D eigenvalue weighted by Gasteiger charge is 2.27. The first-order valence-corrected chi connectivity index (χ1v) is 8.71. The molecule has 1 heterocycles. The van der Waals surface area contributed by atoms with Crippen molar-refractivity contribution in [3.63, 3.8) is 0 Å². The monoisotopic (exact) mass is 362 g/mol. The molecule has 0 aromatic heterocycles. The summed E-state index contributed by atoms with van der Waals surface area (Å²) in [5.74, 6) is -0.0992. The van der Waals surface area contributed by atoms with Crippen molar-refractivity contribution in [3.8, 4) is 0 Å². The summed E-state index contributed by atoms with van der Waals surface area (Å²) in [6, 6.07) is 4.12. The third-order valence-electron chi connectivity index (χ3n) is 4.51. The number of nitrogens with zero attached hydrogens (tertiary/aromatic N) is 2. The SMILES string of the molecule is CC(C)(C)C(=O)NCC1CCCN(C(=O)c2ccc(N)c([N+](=O)[O-])c2)C1. The van der Waals surface area contributed by atoms with Crippen molar-refractivity contribution in [3.05, 3.63) is 33.9 Å². The molecule has 8 nitrogen and oxygen atoms in total. The molecule has 26 heavy (non-hydrogen) atoms. The van der Waals surface area contributed by atoms with Crippen LogP contribution in [0.5, 0.6) is 0 Å². The Morgan fingerprint density at radius 1 is 1.38 bits per heavy atom. The predicted molar refractivity (Wildman–Crippen MR) is 98.6 cm³/mol. The summed E-state index contributed by atoms with van der Waals surface area (Å²) in [7, 11) is 0. The molecule has 0 radical (unpaired) electrons. The molecule has 1 aromatic carbocycles. The first kappa shape index (κ1) is 19.7. The summed E-state index contributed by atoms with van der Waals surface area (Å²) in [6.07, 6.45) is 1.76. The third-order valence-corrected chi connectivity index (χ3v) is 4.51. The van der Waals surface area contributed by atoms with Gasteiger partial charge in [-0.3, -0.25) is 19.7 Å². The number of rotatable bonds is 4. The topological polar surface area (TPSA) is 119 Å². The number of amides is 2. The van der Waals surface area contributed by atoms with Gasteiger partial charge in [0.2, 0.25) is 5.91 Å². The highest BCUT2D eigenvalue weighted by atomic mass is 16.6. The Labute approximate surface area is 152 Å². The molecular formula is C18H26N4O4. The minimum atomic E-state index is -0.590. The summed E-state index contributed by atoms with van der Waals surface area (Å²) in [4.78, 5) is 36.8. The smallest absolute Gasteiger partial charge is 0.292 e. The van der Waals surface area contributed by atoms with Crippen LogP contribution in [0.25, 0.3) is 0 Å². The zero-order valence-electron chi connectivity index (χ0n) is 15.4. The number of anilines is 1. The molecule has 1 atom stereocenters. The van der Waals surface area contributed by atoms with Crippen molar-refractivity contribution in [1.29, 1.82) is 0 Å². The van der Waals surface area contributed by atoms with Gasteiger partial charge in [-0.25, -0.2) is 0 Å². The van der Waals surface area contributed by atoms with Crippen LogP contribution in [-0.2, 0) is 4.79 Å². The van der Waals surface area contributed by atoms with E-state index in [1.807, 2.05) is 20.8 Å². The van der Waals surface area contributed by atoms with Crippen LogP contribution >= 0.6 is 0 Å². The standard InChI is InChI=1S/C18H26N4O4/c1-18(2,3)17(24)20-10-12-5-4-8-21(11-12)16(23)13-6-7-14(19)15(9-13)22(25)26/h6-7,9,12H,4-5,8,10-11,19H2,1-3H3,(H,20,24). The fourth-order valence-electron chi connectivity index (χ4n) is 2.94. The Kier molecular flexibility index (Phi) is 5.84. The number of carbonyl (C=O) groups excluding carboxylic acids is 2. The molecule has 2 rings (SSSR count). The van der Waals surface area contributed by atoms with E-state index in [1.54, 1.807) is 4.90 Å². The number of nitrogens with two attached hydrogens (primary N) is 1. The zero-order chi connectivity index (χ0) is 19.5. The minimum absolute atomic E-state index is 0.0184. The maximum absolute atomic E-state index is 12.7. The molecule has 1 fully saturated rings. The summed E-state index contributed by atoms with van der Waals surface area (Å²) in [5, 5.41) is 14.0. The number of hydrogen-bond acceptors (Lipinski definition) is 5. The molecule has 1 unspecified atom stereocenters. The lowest BCUT2D eigenvalue weighted by atomic mass is 9.93. The van der Waals surface area contributed by atoms with E-state index in [1.165, 1.54) is 18.2 Å². The summed E-state index contributed by atoms with van der Waals surface area (Å²) < 4.78 is 0. The number of nitrogens with one attached hydrogen (secondary N) is 1. The van der Waals surface area contributed by atoms with Crippen LogP contribution in [0.2, 0.25) is 0 Å². The summed E-state index contributed by atoms with van der Waals surface area (Å²) in [6.45, 7) is 7.19. The second-order valence-corrected chi connectivity index (χ2v) is 7.75. The van der Waals surface area contributed by atoms with E-state index in [9.17, 15) is 19.7 Å². The predicted octanol–water partition coefficient (Wildman–Crippen LogP) is 2.19. The van der Waals surface area contributed by atoms with Crippen molar-refractivity contribution in [2.75, 3.05) is 25.4 Å². The second kappa shape index (κ2) is 7.72. The second-order valence-electron chi connectivity index (χ2n) is 7.75. The number of hydrogen-bond donors (Lipinski definition) is 2. The van der Waals surface area contributed by atoms with Gasteiger partial charge in [0.25, 0.3) is 11.6 Å².